The summed E-state index contributed by atoms with van der Waals surface area (Å²) in [6.07, 6.45) is -3.11. The van der Waals surface area contributed by atoms with Crippen LogP contribution in [0.4, 0.5) is 13.2 Å². The lowest BCUT2D eigenvalue weighted by molar-refractivity contribution is -0.155. The molecule has 0 aromatic rings. The molecule has 6 heteroatoms. The Balaban J connectivity index is 2.28. The average molecular weight is 267 g/mol. The van der Waals surface area contributed by atoms with Crippen LogP contribution in [0.2, 0.25) is 0 Å². The molecule has 1 N–H and O–H groups in total. The van der Waals surface area contributed by atoms with E-state index in [0.29, 0.717) is 12.8 Å². The zero-order chi connectivity index (χ0) is 14.0. The minimum atomic E-state index is -4.19. The highest BCUT2D eigenvalue weighted by atomic mass is 19.4. The van der Waals surface area contributed by atoms with E-state index >= 15 is 0 Å². The van der Waals surface area contributed by atoms with Crippen LogP contribution in [-0.4, -0.2) is 29.8 Å². The van der Waals surface area contributed by atoms with Crippen LogP contribution < -0.4 is 5.32 Å². The molecule has 0 bridgehead atoms. The van der Waals surface area contributed by atoms with Gasteiger partial charge in [0, 0.05) is 12.5 Å². The second-order valence-electron chi connectivity index (χ2n) is 5.66. The van der Waals surface area contributed by atoms with Crippen LogP contribution in [-0.2, 0) is 9.53 Å². The van der Waals surface area contributed by atoms with E-state index in [1.165, 1.54) is 0 Å². The van der Waals surface area contributed by atoms with Crippen molar-refractivity contribution in [3.8, 4) is 0 Å². The van der Waals surface area contributed by atoms with Gasteiger partial charge in [0.05, 0.1) is 0 Å². The van der Waals surface area contributed by atoms with Crippen LogP contribution in [0.3, 0.4) is 0 Å². The van der Waals surface area contributed by atoms with Crippen LogP contribution in [0.5, 0.6) is 0 Å². The second kappa shape index (κ2) is 5.47. The SMILES string of the molecule is CC(C)(C)OC(=O)CC[C@H]1CC[C@@H](C(F)(F)F)N1. The molecule has 0 spiro atoms. The standard InChI is InChI=1S/C12H20F3NO2/c1-11(2,3)18-10(17)7-5-8-4-6-9(16-8)12(13,14)15/h8-9,16H,4-7H2,1-3H3/t8-,9+/m1/s1. The molecule has 1 aliphatic heterocycles. The van der Waals surface area contributed by atoms with Crippen LogP contribution in [0.15, 0.2) is 0 Å². The normalized spacial score (nSPS) is 25.2. The Morgan fingerprint density at radius 1 is 1.28 bits per heavy atom. The van der Waals surface area contributed by atoms with Gasteiger partial charge in [0.25, 0.3) is 0 Å². The third-order valence-corrected chi connectivity index (χ3v) is 2.75. The number of nitrogens with one attached hydrogen (secondary N) is 1. The van der Waals surface area contributed by atoms with Gasteiger partial charge >= 0.3 is 12.1 Å². The second-order valence-corrected chi connectivity index (χ2v) is 5.66. The molecule has 1 fully saturated rings. The molecule has 2 atom stereocenters. The molecule has 0 aliphatic carbocycles. The minimum Gasteiger partial charge on any atom is -0.460 e. The lowest BCUT2D eigenvalue weighted by Gasteiger charge is -2.20. The molecule has 0 unspecified atom stereocenters. The van der Waals surface area contributed by atoms with Crippen LogP contribution in [0.25, 0.3) is 0 Å². The van der Waals surface area contributed by atoms with Crippen molar-refractivity contribution in [3.63, 3.8) is 0 Å². The molecule has 1 rings (SSSR count). The highest BCUT2D eigenvalue weighted by molar-refractivity contribution is 5.69. The molecule has 18 heavy (non-hydrogen) atoms. The van der Waals surface area contributed by atoms with Crippen molar-refractivity contribution in [3.05, 3.63) is 0 Å². The average Bonchev–Trinajstić information content (AvgIpc) is 2.59. The highest BCUT2D eigenvalue weighted by Gasteiger charge is 2.43. The number of hydrogen-bond donors (Lipinski definition) is 1. The maximum absolute atomic E-state index is 12.4. The zero-order valence-electron chi connectivity index (χ0n) is 10.9. The Morgan fingerprint density at radius 2 is 1.89 bits per heavy atom. The molecule has 0 saturated carbocycles. The van der Waals surface area contributed by atoms with Gasteiger partial charge in [-0.15, -0.1) is 0 Å². The minimum absolute atomic E-state index is 0.0858. The number of esters is 1. The van der Waals surface area contributed by atoms with Crippen molar-refractivity contribution in [1.29, 1.82) is 0 Å². The molecule has 0 aromatic heterocycles. The van der Waals surface area contributed by atoms with Crippen molar-refractivity contribution in [2.75, 3.05) is 0 Å². The summed E-state index contributed by atoms with van der Waals surface area (Å²) in [6.45, 7) is 5.29. The summed E-state index contributed by atoms with van der Waals surface area (Å²) in [7, 11) is 0. The fourth-order valence-corrected chi connectivity index (χ4v) is 1.99. The van der Waals surface area contributed by atoms with Gasteiger partial charge in [-0.3, -0.25) is 4.79 Å². The molecule has 1 saturated heterocycles. The summed E-state index contributed by atoms with van der Waals surface area (Å²) in [5.41, 5.74) is -0.547. The Labute approximate surface area is 105 Å². The number of hydrogen-bond acceptors (Lipinski definition) is 3. The maximum Gasteiger partial charge on any atom is 0.403 e. The van der Waals surface area contributed by atoms with Crippen molar-refractivity contribution >= 4 is 5.97 Å². The highest BCUT2D eigenvalue weighted by Crippen LogP contribution is 2.29. The first-order chi connectivity index (χ1) is 8.08. The molecule has 0 radical (unpaired) electrons. The van der Waals surface area contributed by atoms with Gasteiger partial charge in [0.2, 0.25) is 0 Å². The third-order valence-electron chi connectivity index (χ3n) is 2.75. The van der Waals surface area contributed by atoms with E-state index < -0.39 is 17.8 Å². The van der Waals surface area contributed by atoms with Gasteiger partial charge < -0.3 is 10.1 Å². The molecule has 106 valence electrons. The molecule has 0 amide bonds. The Hall–Kier alpha value is -0.780. The zero-order valence-corrected chi connectivity index (χ0v) is 10.9. The predicted octanol–water partition coefficient (Wildman–Crippen LogP) is 2.79. The first kappa shape index (κ1) is 15.3. The lowest BCUT2D eigenvalue weighted by Crippen LogP contribution is -2.40. The van der Waals surface area contributed by atoms with Crippen LogP contribution in [0, 0.1) is 0 Å². The summed E-state index contributed by atoms with van der Waals surface area (Å²) < 4.78 is 42.3. The fourth-order valence-electron chi connectivity index (χ4n) is 1.99. The number of ether oxygens (including phenoxy) is 1. The predicted molar refractivity (Wildman–Crippen MR) is 61.1 cm³/mol. The van der Waals surface area contributed by atoms with E-state index in [9.17, 15) is 18.0 Å². The summed E-state index contributed by atoms with van der Waals surface area (Å²) in [5.74, 6) is -0.361. The first-order valence-corrected chi connectivity index (χ1v) is 6.12. The van der Waals surface area contributed by atoms with Gasteiger partial charge in [-0.1, -0.05) is 0 Å². The number of halogens is 3. The lowest BCUT2D eigenvalue weighted by atomic mass is 10.1. The molecule has 1 aliphatic rings. The topological polar surface area (TPSA) is 38.3 Å². The summed E-state index contributed by atoms with van der Waals surface area (Å²) >= 11 is 0. The van der Waals surface area contributed by atoms with Gasteiger partial charge in [0.1, 0.15) is 11.6 Å². The van der Waals surface area contributed by atoms with E-state index in [-0.39, 0.29) is 24.9 Å². The smallest absolute Gasteiger partial charge is 0.403 e. The quantitative estimate of drug-likeness (QED) is 0.799. The summed E-state index contributed by atoms with van der Waals surface area (Å²) in [4.78, 5) is 11.4. The largest absolute Gasteiger partial charge is 0.460 e. The van der Waals surface area contributed by atoms with Gasteiger partial charge in [0.15, 0.2) is 0 Å². The fraction of sp³-hybridized carbons (Fsp3) is 0.917. The van der Waals surface area contributed by atoms with E-state index in [0.717, 1.165) is 0 Å². The Kier molecular flexibility index (Phi) is 4.64. The maximum atomic E-state index is 12.4. The van der Waals surface area contributed by atoms with E-state index in [1.807, 2.05) is 0 Å². The van der Waals surface area contributed by atoms with Crippen LogP contribution in [0.1, 0.15) is 46.5 Å². The molecule has 0 aromatic carbocycles. The monoisotopic (exact) mass is 267 g/mol. The van der Waals surface area contributed by atoms with Gasteiger partial charge in [-0.25, -0.2) is 0 Å². The molecule has 1 heterocycles. The summed E-state index contributed by atoms with van der Waals surface area (Å²) in [6, 6.07) is -1.68. The first-order valence-electron chi connectivity index (χ1n) is 6.12. The Morgan fingerprint density at radius 3 is 2.33 bits per heavy atom. The summed E-state index contributed by atoms with van der Waals surface area (Å²) in [5, 5.41) is 2.52. The number of carbonyl (C=O) groups excluding carboxylic acids is 1. The molecular formula is C12H20F3NO2. The van der Waals surface area contributed by atoms with E-state index in [4.69, 9.17) is 4.74 Å². The third kappa shape index (κ3) is 5.25. The van der Waals surface area contributed by atoms with E-state index in [1.54, 1.807) is 20.8 Å². The Bertz CT molecular complexity index is 297. The van der Waals surface area contributed by atoms with Gasteiger partial charge in [-0.05, 0) is 40.0 Å². The molecule has 3 nitrogen and oxygen atoms in total. The van der Waals surface area contributed by atoms with Gasteiger partial charge in [-0.2, -0.15) is 13.2 Å². The van der Waals surface area contributed by atoms with Crippen LogP contribution >= 0.6 is 0 Å². The number of carbonyl (C=O) groups is 1. The van der Waals surface area contributed by atoms with Crippen molar-refractivity contribution in [1.82, 2.24) is 5.32 Å². The number of rotatable bonds is 3. The van der Waals surface area contributed by atoms with Crippen molar-refractivity contribution in [2.24, 2.45) is 0 Å². The van der Waals surface area contributed by atoms with Crippen molar-refractivity contribution < 1.29 is 22.7 Å². The number of alkyl halides is 3. The van der Waals surface area contributed by atoms with E-state index in [2.05, 4.69) is 5.32 Å². The molecular weight excluding hydrogens is 247 g/mol. The van der Waals surface area contributed by atoms with Crippen molar-refractivity contribution in [2.45, 2.75) is 70.3 Å².